The average molecular weight is 190 g/mol. The summed E-state index contributed by atoms with van der Waals surface area (Å²) in [6.45, 7) is 6.03. The van der Waals surface area contributed by atoms with E-state index in [4.69, 9.17) is 4.74 Å². The molecule has 14 heavy (non-hydrogen) atoms. The fourth-order valence-electron chi connectivity index (χ4n) is 3.39. The third-order valence-corrected chi connectivity index (χ3v) is 4.32. The van der Waals surface area contributed by atoms with Crippen LogP contribution >= 0.6 is 0 Å². The Morgan fingerprint density at radius 1 is 1.50 bits per heavy atom. The number of carbonyl (C=O) groups excluding carboxylic acids is 1. The predicted octanol–water partition coefficient (Wildman–Crippen LogP) is 2.28. The number of carbonyl (C=O) groups is 1. The molecule has 2 bridgehead atoms. The van der Waals surface area contributed by atoms with Crippen LogP contribution in [0.3, 0.4) is 0 Å². The van der Waals surface area contributed by atoms with Crippen molar-refractivity contribution >= 4 is 5.97 Å². The van der Waals surface area contributed by atoms with E-state index in [2.05, 4.69) is 25.7 Å². The number of ether oxygens (including phenoxy) is 1. The van der Waals surface area contributed by atoms with Gasteiger partial charge in [0, 0.05) is 5.41 Å². The quantitative estimate of drug-likeness (QED) is 0.432. The Bertz CT molecular complexity index is 355. The molecular weight excluding hydrogens is 176 g/mol. The molecule has 0 aromatic heterocycles. The average Bonchev–Trinajstić information content (AvgIpc) is 2.42. The van der Waals surface area contributed by atoms with Crippen molar-refractivity contribution in [1.29, 1.82) is 0 Å². The Kier molecular flexibility index (Phi) is 1.36. The zero-order valence-corrected chi connectivity index (χ0v) is 8.32. The number of rotatable bonds is 0. The number of cyclic esters (lactones) is 1. The van der Waals surface area contributed by atoms with Gasteiger partial charge in [-0.05, 0) is 24.7 Å². The largest absolute Gasteiger partial charge is 0.431 e. The molecule has 0 amide bonds. The fraction of sp³-hybridized carbons (Fsp3) is 0.583. The SMILES string of the molecule is C=C1OC(=O)C2C3C=CC(CC3)C12C. The van der Waals surface area contributed by atoms with Gasteiger partial charge in [0.1, 0.15) is 5.76 Å². The number of allylic oxidation sites excluding steroid dienone is 3. The lowest BCUT2D eigenvalue weighted by atomic mass is 9.54. The summed E-state index contributed by atoms with van der Waals surface area (Å²) >= 11 is 0. The lowest BCUT2D eigenvalue weighted by Crippen LogP contribution is -2.44. The van der Waals surface area contributed by atoms with Gasteiger partial charge in [0.25, 0.3) is 0 Å². The van der Waals surface area contributed by atoms with Crippen LogP contribution in [-0.4, -0.2) is 5.97 Å². The normalized spacial score (nSPS) is 49.4. The summed E-state index contributed by atoms with van der Waals surface area (Å²) in [5, 5.41) is 0. The third kappa shape index (κ3) is 0.715. The van der Waals surface area contributed by atoms with Crippen molar-refractivity contribution in [3.05, 3.63) is 24.5 Å². The summed E-state index contributed by atoms with van der Waals surface area (Å²) in [6, 6.07) is 0. The summed E-state index contributed by atoms with van der Waals surface area (Å²) in [5.74, 6) is 1.51. The van der Waals surface area contributed by atoms with Crippen LogP contribution in [-0.2, 0) is 9.53 Å². The summed E-state index contributed by atoms with van der Waals surface area (Å²) in [4.78, 5) is 11.7. The van der Waals surface area contributed by atoms with Crippen molar-refractivity contribution in [3.8, 4) is 0 Å². The summed E-state index contributed by atoms with van der Waals surface area (Å²) < 4.78 is 5.22. The van der Waals surface area contributed by atoms with Crippen LogP contribution in [0.2, 0.25) is 0 Å². The zero-order valence-electron chi connectivity index (χ0n) is 8.32. The van der Waals surface area contributed by atoms with Crippen LogP contribution in [0, 0.1) is 23.2 Å². The Balaban J connectivity index is 2.16. The maximum Gasteiger partial charge on any atom is 0.315 e. The molecule has 2 heteroatoms. The summed E-state index contributed by atoms with van der Waals surface area (Å²) in [6.07, 6.45) is 6.74. The van der Waals surface area contributed by atoms with Crippen molar-refractivity contribution in [1.82, 2.24) is 0 Å². The Morgan fingerprint density at radius 2 is 2.29 bits per heavy atom. The molecule has 0 radical (unpaired) electrons. The number of hydrogen-bond acceptors (Lipinski definition) is 2. The lowest BCUT2D eigenvalue weighted by Gasteiger charge is -2.46. The van der Waals surface area contributed by atoms with Crippen LogP contribution in [0.5, 0.6) is 0 Å². The molecular formula is C12H14O2. The molecule has 2 fully saturated rings. The summed E-state index contributed by atoms with van der Waals surface area (Å²) in [5.41, 5.74) is -0.116. The van der Waals surface area contributed by atoms with Crippen molar-refractivity contribution in [2.24, 2.45) is 23.2 Å². The molecule has 3 aliphatic carbocycles. The minimum atomic E-state index is -0.116. The molecule has 0 spiro atoms. The minimum Gasteiger partial charge on any atom is -0.431 e. The number of esters is 1. The van der Waals surface area contributed by atoms with Gasteiger partial charge < -0.3 is 4.74 Å². The molecule has 4 atom stereocenters. The topological polar surface area (TPSA) is 26.3 Å². The van der Waals surface area contributed by atoms with Gasteiger partial charge >= 0.3 is 5.97 Å². The molecule has 1 saturated heterocycles. The smallest absolute Gasteiger partial charge is 0.315 e. The van der Waals surface area contributed by atoms with Crippen LogP contribution in [0.15, 0.2) is 24.5 Å². The molecule has 74 valence electrons. The minimum absolute atomic E-state index is 0.0405. The van der Waals surface area contributed by atoms with E-state index in [1.165, 1.54) is 6.42 Å². The second kappa shape index (κ2) is 2.30. The van der Waals surface area contributed by atoms with Gasteiger partial charge in [-0.25, -0.2) is 0 Å². The van der Waals surface area contributed by atoms with Gasteiger partial charge in [-0.1, -0.05) is 25.7 Å². The highest BCUT2D eigenvalue weighted by atomic mass is 16.5. The van der Waals surface area contributed by atoms with Crippen molar-refractivity contribution in [2.45, 2.75) is 19.8 Å². The molecule has 4 unspecified atom stereocenters. The monoisotopic (exact) mass is 190 g/mol. The maximum atomic E-state index is 11.7. The first kappa shape index (κ1) is 8.27. The first-order valence-electron chi connectivity index (χ1n) is 5.23. The highest BCUT2D eigenvalue weighted by Crippen LogP contribution is 2.60. The lowest BCUT2D eigenvalue weighted by molar-refractivity contribution is -0.141. The third-order valence-electron chi connectivity index (χ3n) is 4.32. The van der Waals surface area contributed by atoms with Crippen LogP contribution in [0.1, 0.15) is 19.8 Å². The van der Waals surface area contributed by atoms with Crippen molar-refractivity contribution < 1.29 is 9.53 Å². The molecule has 1 heterocycles. The standard InChI is InChI=1S/C12H14O2/c1-7-12(2)9-5-3-8(4-6-9)10(12)11(13)14-7/h3,5,8-10H,1,4,6H2,2H3. The van der Waals surface area contributed by atoms with Crippen LogP contribution < -0.4 is 0 Å². The highest BCUT2D eigenvalue weighted by molar-refractivity contribution is 5.80. The van der Waals surface area contributed by atoms with Crippen LogP contribution in [0.4, 0.5) is 0 Å². The second-order valence-electron chi connectivity index (χ2n) is 4.84. The Hall–Kier alpha value is -1.05. The molecule has 0 aromatic rings. The zero-order chi connectivity index (χ0) is 9.92. The van der Waals surface area contributed by atoms with E-state index < -0.39 is 0 Å². The van der Waals surface area contributed by atoms with Crippen LogP contribution in [0.25, 0.3) is 0 Å². The Labute approximate surface area is 83.6 Å². The number of hydrogen-bond donors (Lipinski definition) is 0. The molecule has 1 aliphatic heterocycles. The van der Waals surface area contributed by atoms with Gasteiger partial charge in [-0.15, -0.1) is 0 Å². The van der Waals surface area contributed by atoms with E-state index in [9.17, 15) is 4.79 Å². The molecule has 4 aliphatic rings. The summed E-state index contributed by atoms with van der Waals surface area (Å²) in [7, 11) is 0. The molecule has 1 saturated carbocycles. The van der Waals surface area contributed by atoms with E-state index in [1.807, 2.05) is 0 Å². The maximum absolute atomic E-state index is 11.7. The highest BCUT2D eigenvalue weighted by Gasteiger charge is 2.60. The van der Waals surface area contributed by atoms with Gasteiger partial charge in [0.05, 0.1) is 5.92 Å². The van der Waals surface area contributed by atoms with Gasteiger partial charge in [0.2, 0.25) is 0 Å². The Morgan fingerprint density at radius 3 is 2.86 bits per heavy atom. The molecule has 0 N–H and O–H groups in total. The number of fused-ring (bicyclic) bond motifs is 1. The second-order valence-corrected chi connectivity index (χ2v) is 4.84. The van der Waals surface area contributed by atoms with E-state index in [-0.39, 0.29) is 17.3 Å². The first-order valence-corrected chi connectivity index (χ1v) is 5.23. The molecule has 2 nitrogen and oxygen atoms in total. The van der Waals surface area contributed by atoms with Crippen molar-refractivity contribution in [3.63, 3.8) is 0 Å². The molecule has 4 rings (SSSR count). The van der Waals surface area contributed by atoms with Gasteiger partial charge in [0.15, 0.2) is 0 Å². The van der Waals surface area contributed by atoms with E-state index in [0.29, 0.717) is 17.6 Å². The molecule has 0 aromatic carbocycles. The van der Waals surface area contributed by atoms with Gasteiger partial charge in [-0.2, -0.15) is 0 Å². The van der Waals surface area contributed by atoms with Crippen molar-refractivity contribution in [2.75, 3.05) is 0 Å². The first-order chi connectivity index (χ1) is 6.64. The van der Waals surface area contributed by atoms with E-state index >= 15 is 0 Å². The van der Waals surface area contributed by atoms with Gasteiger partial charge in [-0.3, -0.25) is 4.79 Å². The fourth-order valence-corrected chi connectivity index (χ4v) is 3.39. The van der Waals surface area contributed by atoms with E-state index in [0.717, 1.165) is 6.42 Å². The predicted molar refractivity (Wildman–Crippen MR) is 52.2 cm³/mol. The van der Waals surface area contributed by atoms with E-state index in [1.54, 1.807) is 0 Å².